The number of benzene rings is 4. The average Bonchev–Trinajstić information content (AvgIpc) is 3.08. The molecule has 0 fully saturated rings. The molecule has 0 saturated heterocycles. The van der Waals surface area contributed by atoms with Crippen molar-refractivity contribution in [1.82, 2.24) is 0 Å². The first kappa shape index (κ1) is 46.5. The lowest BCUT2D eigenvalue weighted by molar-refractivity contribution is -0.455. The summed E-state index contributed by atoms with van der Waals surface area (Å²) in [7, 11) is -14.3. The monoisotopic (exact) mass is 813 g/mol. The Labute approximate surface area is 310 Å². The van der Waals surface area contributed by atoms with Gasteiger partial charge in [-0.25, -0.2) is 4.18 Å². The summed E-state index contributed by atoms with van der Waals surface area (Å²) < 4.78 is 115. The standard InChI is InChI=1S/C33H33O7S.3O3S/c34-29(25-13-5-1-6-14-25)21-33(22-30(35)26-15-7-2-8-16-26,23-31(36)27-17-9-3-10-18-27)24-32(40-41(37,38)39)28-19-11-4-12-20-28;3*1-4(2)3/h1-20,29-32H,21-24H2,(H,37,38,39);;;/q-3;;;. The molecule has 0 bridgehead atoms. The van der Waals surface area contributed by atoms with Crippen LogP contribution in [0.5, 0.6) is 0 Å². The predicted molar refractivity (Wildman–Crippen MR) is 179 cm³/mol. The van der Waals surface area contributed by atoms with Crippen LogP contribution in [0, 0.1) is 5.41 Å². The Balaban J connectivity index is 0.00000102. The molecule has 0 spiro atoms. The third kappa shape index (κ3) is 20.9. The molecular formula is C33H33O16S4-3. The minimum Gasteiger partial charge on any atom is -0.849 e. The summed E-state index contributed by atoms with van der Waals surface area (Å²) >= 11 is 0. The topological polar surface area (TPSA) is 286 Å². The third-order valence-corrected chi connectivity index (χ3v) is 7.87. The molecule has 0 aliphatic rings. The van der Waals surface area contributed by atoms with E-state index in [1.807, 2.05) is 0 Å². The molecule has 0 heterocycles. The average molecular weight is 814 g/mol. The number of hydrogen-bond donors (Lipinski definition) is 1. The molecule has 0 aromatic heterocycles. The zero-order chi connectivity index (χ0) is 40.0. The van der Waals surface area contributed by atoms with Crippen molar-refractivity contribution in [2.24, 2.45) is 5.41 Å². The molecule has 4 aromatic carbocycles. The second-order valence-electron chi connectivity index (χ2n) is 11.1. The maximum Gasteiger partial charge on any atom is 0.425 e. The summed E-state index contributed by atoms with van der Waals surface area (Å²) in [5.41, 5.74) is 0.647. The van der Waals surface area contributed by atoms with E-state index in [-0.39, 0.29) is 25.7 Å². The molecule has 4 aromatic rings. The molecule has 20 heteroatoms. The van der Waals surface area contributed by atoms with Crippen LogP contribution >= 0.6 is 0 Å². The highest BCUT2D eigenvalue weighted by Gasteiger charge is 2.37. The van der Waals surface area contributed by atoms with Crippen LogP contribution in [-0.2, 0) is 46.4 Å². The van der Waals surface area contributed by atoms with Gasteiger partial charge in [-0.05, 0) is 17.4 Å². The van der Waals surface area contributed by atoms with E-state index in [9.17, 15) is 28.3 Å². The van der Waals surface area contributed by atoms with Gasteiger partial charge in [0, 0.05) is 0 Å². The largest absolute Gasteiger partial charge is 0.849 e. The van der Waals surface area contributed by atoms with E-state index in [2.05, 4.69) is 0 Å². The molecule has 0 amide bonds. The fraction of sp³-hybridized carbons (Fsp3) is 0.273. The van der Waals surface area contributed by atoms with Crippen LogP contribution in [0.2, 0.25) is 0 Å². The summed E-state index contributed by atoms with van der Waals surface area (Å²) in [6, 6.07) is 34.5. The van der Waals surface area contributed by atoms with Crippen molar-refractivity contribution in [2.45, 2.75) is 50.1 Å². The fourth-order valence-electron chi connectivity index (χ4n) is 5.45. The summed E-state index contributed by atoms with van der Waals surface area (Å²) in [4.78, 5) is 0. The lowest BCUT2D eigenvalue weighted by Gasteiger charge is -2.48. The van der Waals surface area contributed by atoms with Gasteiger partial charge in [-0.3, -0.25) is 4.55 Å². The highest BCUT2D eigenvalue weighted by molar-refractivity contribution is 7.80. The van der Waals surface area contributed by atoms with Gasteiger partial charge in [-0.15, -0.1) is 37.9 Å². The molecule has 4 unspecified atom stereocenters. The Morgan fingerprint density at radius 2 is 0.698 bits per heavy atom. The van der Waals surface area contributed by atoms with Gasteiger partial charge in [0.05, 0.1) is 0 Å². The second kappa shape index (κ2) is 23.9. The lowest BCUT2D eigenvalue weighted by Crippen LogP contribution is -2.38. The minimum absolute atomic E-state index is 0.119. The van der Waals surface area contributed by atoms with E-state index < -0.39 is 72.1 Å². The van der Waals surface area contributed by atoms with Gasteiger partial charge in [0.15, 0.2) is 0 Å². The van der Waals surface area contributed by atoms with E-state index in [0.29, 0.717) is 22.3 Å². The van der Waals surface area contributed by atoms with Gasteiger partial charge < -0.3 is 15.3 Å². The van der Waals surface area contributed by atoms with Crippen LogP contribution in [0.1, 0.15) is 72.4 Å². The van der Waals surface area contributed by atoms with E-state index in [1.54, 1.807) is 121 Å². The molecular weight excluding hydrogens is 781 g/mol. The lowest BCUT2D eigenvalue weighted by atomic mass is 9.67. The summed E-state index contributed by atoms with van der Waals surface area (Å²) in [6.07, 6.45) is -5.65. The molecule has 16 nitrogen and oxygen atoms in total. The van der Waals surface area contributed by atoms with Gasteiger partial charge in [-0.1, -0.05) is 176 Å². The Kier molecular flexibility index (Phi) is 21.0. The molecule has 53 heavy (non-hydrogen) atoms. The Morgan fingerprint density at radius 1 is 0.472 bits per heavy atom. The van der Waals surface area contributed by atoms with Gasteiger partial charge >= 0.3 is 42.2 Å². The first-order chi connectivity index (χ1) is 24.8. The van der Waals surface area contributed by atoms with Crippen molar-refractivity contribution in [2.75, 3.05) is 0 Å². The molecule has 288 valence electrons. The number of rotatable bonds is 14. The second-order valence-corrected chi connectivity index (χ2v) is 13.3. The van der Waals surface area contributed by atoms with E-state index in [0.717, 1.165) is 0 Å². The summed E-state index contributed by atoms with van der Waals surface area (Å²) in [5, 5.41) is 41.3. The van der Waals surface area contributed by atoms with Crippen molar-refractivity contribution in [3.8, 4) is 0 Å². The SMILES string of the molecule is O=S(=O)(O)OC(CC(CC([O-])c1ccccc1)(CC([O-])c1ccccc1)CC([O-])c1ccccc1)c1ccccc1.O=S(=O)=O.O=S(=O)=O.O=S(=O)=O. The highest BCUT2D eigenvalue weighted by atomic mass is 32.3. The van der Waals surface area contributed by atoms with Crippen LogP contribution in [0.25, 0.3) is 0 Å². The zero-order valence-electron chi connectivity index (χ0n) is 27.4. The molecule has 0 aliphatic carbocycles. The van der Waals surface area contributed by atoms with Gasteiger partial charge in [0.2, 0.25) is 0 Å². The summed E-state index contributed by atoms with van der Waals surface area (Å²) in [6.45, 7) is 0. The highest BCUT2D eigenvalue weighted by Crippen LogP contribution is 2.49. The Morgan fingerprint density at radius 3 is 0.925 bits per heavy atom. The molecule has 4 atom stereocenters. The van der Waals surface area contributed by atoms with Crippen molar-refractivity contribution in [3.63, 3.8) is 0 Å². The van der Waals surface area contributed by atoms with Crippen molar-refractivity contribution < 1.29 is 70.4 Å². The quantitative estimate of drug-likeness (QED) is 0.176. The molecule has 0 aliphatic heterocycles. The Bertz CT molecular complexity index is 1900. The first-order valence-corrected chi connectivity index (χ1v) is 19.3. The van der Waals surface area contributed by atoms with Crippen LogP contribution in [0.3, 0.4) is 0 Å². The smallest absolute Gasteiger partial charge is 0.425 e. The predicted octanol–water partition coefficient (Wildman–Crippen LogP) is 1.39. The van der Waals surface area contributed by atoms with E-state index >= 15 is 0 Å². The normalized spacial score (nSPS) is 14.0. The molecule has 1 N–H and O–H groups in total. The van der Waals surface area contributed by atoms with Crippen molar-refractivity contribution in [3.05, 3.63) is 144 Å². The van der Waals surface area contributed by atoms with Crippen LogP contribution < -0.4 is 15.3 Å². The maximum absolute atomic E-state index is 13.8. The van der Waals surface area contributed by atoms with Gasteiger partial charge in [0.25, 0.3) is 0 Å². The summed E-state index contributed by atoms with van der Waals surface area (Å²) in [5.74, 6) is 0. The first-order valence-electron chi connectivity index (χ1n) is 15.0. The van der Waals surface area contributed by atoms with Crippen LogP contribution in [0.15, 0.2) is 121 Å². The van der Waals surface area contributed by atoms with Crippen LogP contribution in [-0.4, -0.2) is 50.9 Å². The minimum atomic E-state index is -4.92. The maximum atomic E-state index is 13.8. The molecule has 0 saturated carbocycles. The van der Waals surface area contributed by atoms with E-state index in [1.165, 1.54) is 0 Å². The zero-order valence-corrected chi connectivity index (χ0v) is 30.7. The van der Waals surface area contributed by atoms with Crippen molar-refractivity contribution >= 4 is 42.2 Å². The fourth-order valence-corrected chi connectivity index (χ4v) is 5.92. The molecule has 4 rings (SSSR count). The van der Waals surface area contributed by atoms with E-state index in [4.69, 9.17) is 42.1 Å². The Hall–Kier alpha value is -4.51. The third-order valence-electron chi connectivity index (χ3n) is 7.40. The molecule has 0 radical (unpaired) electrons. The van der Waals surface area contributed by atoms with Crippen molar-refractivity contribution in [1.29, 1.82) is 0 Å². The van der Waals surface area contributed by atoms with Crippen LogP contribution in [0.4, 0.5) is 0 Å². The van der Waals surface area contributed by atoms with Gasteiger partial charge in [-0.2, -0.15) is 8.42 Å². The number of hydrogen-bond acceptors (Lipinski definition) is 15. The van der Waals surface area contributed by atoms with Gasteiger partial charge in [0.1, 0.15) is 6.10 Å².